The summed E-state index contributed by atoms with van der Waals surface area (Å²) in [6.07, 6.45) is -1.99. The third-order valence-corrected chi connectivity index (χ3v) is 5.97. The number of likely N-dealkylation sites (N-methyl/N-ethyl adjacent to an activating group) is 1. The lowest BCUT2D eigenvalue weighted by Crippen LogP contribution is -2.43. The molecule has 2 aliphatic heterocycles. The predicted octanol–water partition coefficient (Wildman–Crippen LogP) is 2.47. The summed E-state index contributed by atoms with van der Waals surface area (Å²) in [6, 6.07) is 5.67. The Hall–Kier alpha value is -1.84. The van der Waals surface area contributed by atoms with Gasteiger partial charge >= 0.3 is 6.18 Å². The van der Waals surface area contributed by atoms with Crippen molar-refractivity contribution in [2.75, 3.05) is 52.5 Å². The molecule has 2 unspecified atom stereocenters. The van der Waals surface area contributed by atoms with Gasteiger partial charge in [-0.3, -0.25) is 14.8 Å². The van der Waals surface area contributed by atoms with Crippen molar-refractivity contribution in [2.45, 2.75) is 38.0 Å². The number of morpholine rings is 1. The normalized spacial score (nSPS) is 22.9. The van der Waals surface area contributed by atoms with Crippen LogP contribution in [0.4, 0.5) is 13.2 Å². The molecule has 0 bridgehead atoms. The summed E-state index contributed by atoms with van der Waals surface area (Å²) in [5.41, 5.74) is 6.26. The summed E-state index contributed by atoms with van der Waals surface area (Å²) in [5, 5.41) is 3.22. The van der Waals surface area contributed by atoms with Crippen molar-refractivity contribution in [1.29, 1.82) is 0 Å². The summed E-state index contributed by atoms with van der Waals surface area (Å²) in [4.78, 5) is 9.14. The van der Waals surface area contributed by atoms with Gasteiger partial charge in [-0.1, -0.05) is 19.1 Å². The van der Waals surface area contributed by atoms with Gasteiger partial charge in [0.25, 0.3) is 0 Å². The second-order valence-corrected chi connectivity index (χ2v) is 7.82. The first-order valence-electron chi connectivity index (χ1n) is 10.6. The Kier molecular flexibility index (Phi) is 7.96. The van der Waals surface area contributed by atoms with Crippen LogP contribution in [0.2, 0.25) is 0 Å². The van der Waals surface area contributed by atoms with E-state index in [2.05, 4.69) is 27.0 Å². The highest BCUT2D eigenvalue weighted by molar-refractivity contribution is 5.77. The van der Waals surface area contributed by atoms with Crippen molar-refractivity contribution in [3.63, 3.8) is 0 Å². The fourth-order valence-corrected chi connectivity index (χ4v) is 4.22. The highest BCUT2D eigenvalue weighted by atomic mass is 19.4. The summed E-state index contributed by atoms with van der Waals surface area (Å²) in [7, 11) is 0. The number of hydrogen-bond acceptors (Lipinski definition) is 4. The zero-order valence-electron chi connectivity index (χ0n) is 17.5. The predicted molar refractivity (Wildman–Crippen MR) is 111 cm³/mol. The van der Waals surface area contributed by atoms with Crippen molar-refractivity contribution >= 4 is 5.96 Å². The first kappa shape index (κ1) is 22.8. The van der Waals surface area contributed by atoms with Crippen molar-refractivity contribution in [2.24, 2.45) is 10.7 Å². The number of benzene rings is 1. The Labute approximate surface area is 176 Å². The van der Waals surface area contributed by atoms with E-state index >= 15 is 0 Å². The molecule has 0 aromatic heterocycles. The van der Waals surface area contributed by atoms with Gasteiger partial charge < -0.3 is 15.8 Å². The number of nitrogens with one attached hydrogen (secondary N) is 1. The van der Waals surface area contributed by atoms with E-state index in [-0.39, 0.29) is 6.04 Å². The van der Waals surface area contributed by atoms with Crippen LogP contribution in [0, 0.1) is 0 Å². The molecule has 30 heavy (non-hydrogen) atoms. The number of aliphatic imine (C=N–C) groups is 1. The van der Waals surface area contributed by atoms with E-state index in [0.717, 1.165) is 43.8 Å². The van der Waals surface area contributed by atoms with Crippen LogP contribution in [-0.4, -0.2) is 74.3 Å². The zero-order valence-corrected chi connectivity index (χ0v) is 17.5. The molecule has 0 spiro atoms. The lowest BCUT2D eigenvalue weighted by Gasteiger charge is -2.34. The van der Waals surface area contributed by atoms with E-state index in [1.165, 1.54) is 6.42 Å². The molecular weight excluding hydrogens is 395 g/mol. The SMILES string of the molecule is CCN1CCCC1CNC(N)=NCC(c1ccc(C(F)(F)F)cc1)N1CCOCC1. The molecule has 9 heteroatoms. The van der Waals surface area contributed by atoms with Gasteiger partial charge in [0.1, 0.15) is 0 Å². The zero-order chi connectivity index (χ0) is 21.6. The van der Waals surface area contributed by atoms with Crippen LogP contribution >= 0.6 is 0 Å². The molecule has 2 saturated heterocycles. The number of halogens is 3. The number of rotatable bonds is 7. The Morgan fingerprint density at radius 1 is 1.23 bits per heavy atom. The van der Waals surface area contributed by atoms with Crippen LogP contribution in [-0.2, 0) is 10.9 Å². The molecule has 2 heterocycles. The van der Waals surface area contributed by atoms with Crippen LogP contribution in [0.25, 0.3) is 0 Å². The van der Waals surface area contributed by atoms with Crippen LogP contribution in [0.3, 0.4) is 0 Å². The number of alkyl halides is 3. The lowest BCUT2D eigenvalue weighted by molar-refractivity contribution is -0.137. The fraction of sp³-hybridized carbons (Fsp3) is 0.667. The molecule has 2 fully saturated rings. The Morgan fingerprint density at radius 2 is 1.93 bits per heavy atom. The van der Waals surface area contributed by atoms with E-state index in [0.29, 0.717) is 44.8 Å². The maximum Gasteiger partial charge on any atom is 0.416 e. The van der Waals surface area contributed by atoms with Gasteiger partial charge in [-0.05, 0) is 43.6 Å². The minimum Gasteiger partial charge on any atom is -0.379 e. The number of ether oxygens (including phenoxy) is 1. The van der Waals surface area contributed by atoms with Gasteiger partial charge in [0.05, 0.1) is 31.4 Å². The van der Waals surface area contributed by atoms with Crippen molar-refractivity contribution in [1.82, 2.24) is 15.1 Å². The van der Waals surface area contributed by atoms with E-state index in [4.69, 9.17) is 10.5 Å². The van der Waals surface area contributed by atoms with Gasteiger partial charge in [0.15, 0.2) is 5.96 Å². The van der Waals surface area contributed by atoms with E-state index in [9.17, 15) is 13.2 Å². The molecule has 0 amide bonds. The van der Waals surface area contributed by atoms with Crippen molar-refractivity contribution < 1.29 is 17.9 Å². The number of likely N-dealkylation sites (tertiary alicyclic amines) is 1. The quantitative estimate of drug-likeness (QED) is 0.517. The van der Waals surface area contributed by atoms with Crippen LogP contribution in [0.15, 0.2) is 29.3 Å². The molecule has 1 aromatic rings. The minimum atomic E-state index is -4.34. The molecule has 3 N–H and O–H groups in total. The van der Waals surface area contributed by atoms with Gasteiger partial charge in [-0.25, -0.2) is 0 Å². The van der Waals surface area contributed by atoms with Gasteiger partial charge in [-0.2, -0.15) is 13.2 Å². The van der Waals surface area contributed by atoms with Crippen LogP contribution in [0.1, 0.15) is 36.9 Å². The molecule has 2 aliphatic rings. The topological polar surface area (TPSA) is 66.1 Å². The van der Waals surface area contributed by atoms with Crippen LogP contribution < -0.4 is 11.1 Å². The highest BCUT2D eigenvalue weighted by Gasteiger charge is 2.31. The standard InChI is InChI=1S/C21H32F3N5O/c1-2-28-9-3-4-18(28)14-26-20(25)27-15-19(29-10-12-30-13-11-29)16-5-7-17(8-6-16)21(22,23)24/h5-8,18-19H,2-4,9-15H2,1H3,(H3,25,26,27). The fourth-order valence-electron chi connectivity index (χ4n) is 4.22. The Morgan fingerprint density at radius 3 is 2.57 bits per heavy atom. The Balaban J connectivity index is 1.65. The van der Waals surface area contributed by atoms with E-state index in [1.807, 2.05) is 0 Å². The smallest absolute Gasteiger partial charge is 0.379 e. The average Bonchev–Trinajstić information content (AvgIpc) is 3.20. The number of hydrogen-bond donors (Lipinski definition) is 2. The summed E-state index contributed by atoms with van der Waals surface area (Å²) < 4.78 is 44.2. The minimum absolute atomic E-state index is 0.143. The number of guanidine groups is 1. The van der Waals surface area contributed by atoms with Gasteiger partial charge in [0.2, 0.25) is 0 Å². The van der Waals surface area contributed by atoms with Crippen molar-refractivity contribution in [3.05, 3.63) is 35.4 Å². The molecular formula is C21H32F3N5O. The number of nitrogens with zero attached hydrogens (tertiary/aromatic N) is 3. The molecule has 1 aromatic carbocycles. The first-order chi connectivity index (χ1) is 14.4. The Bertz CT molecular complexity index is 689. The molecule has 6 nitrogen and oxygen atoms in total. The third-order valence-electron chi connectivity index (χ3n) is 5.97. The van der Waals surface area contributed by atoms with E-state index < -0.39 is 11.7 Å². The average molecular weight is 428 g/mol. The monoisotopic (exact) mass is 427 g/mol. The van der Waals surface area contributed by atoms with Crippen LogP contribution in [0.5, 0.6) is 0 Å². The van der Waals surface area contributed by atoms with Gasteiger partial charge in [-0.15, -0.1) is 0 Å². The maximum atomic E-state index is 12.9. The molecule has 3 rings (SSSR count). The van der Waals surface area contributed by atoms with Gasteiger partial charge in [0, 0.05) is 25.7 Å². The maximum absolute atomic E-state index is 12.9. The molecule has 0 radical (unpaired) electrons. The summed E-state index contributed by atoms with van der Waals surface area (Å²) in [6.45, 7) is 8.06. The largest absolute Gasteiger partial charge is 0.416 e. The molecule has 0 aliphatic carbocycles. The first-order valence-corrected chi connectivity index (χ1v) is 10.6. The molecule has 2 atom stereocenters. The van der Waals surface area contributed by atoms with Crippen molar-refractivity contribution in [3.8, 4) is 0 Å². The van der Waals surface area contributed by atoms with E-state index in [1.54, 1.807) is 12.1 Å². The number of nitrogens with two attached hydrogens (primary N) is 1. The lowest BCUT2D eigenvalue weighted by atomic mass is 10.0. The second-order valence-electron chi connectivity index (χ2n) is 7.82. The third kappa shape index (κ3) is 6.09. The molecule has 0 saturated carbocycles. The molecule has 168 valence electrons. The summed E-state index contributed by atoms with van der Waals surface area (Å²) in [5.74, 6) is 0.378. The summed E-state index contributed by atoms with van der Waals surface area (Å²) >= 11 is 0. The highest BCUT2D eigenvalue weighted by Crippen LogP contribution is 2.31. The second kappa shape index (κ2) is 10.5.